The lowest BCUT2D eigenvalue weighted by molar-refractivity contribution is -0.384. The summed E-state index contributed by atoms with van der Waals surface area (Å²) in [5.41, 5.74) is 2.17. The van der Waals surface area contributed by atoms with Crippen LogP contribution in [-0.4, -0.2) is 44.5 Å². The van der Waals surface area contributed by atoms with Gasteiger partial charge in [-0.05, 0) is 29.8 Å². The molecule has 4 atom stereocenters. The molecule has 0 bridgehead atoms. The van der Waals surface area contributed by atoms with Crippen LogP contribution in [0.4, 0.5) is 11.4 Å². The van der Waals surface area contributed by atoms with Crippen LogP contribution < -0.4 is 4.90 Å². The number of hydrazone groups is 1. The summed E-state index contributed by atoms with van der Waals surface area (Å²) in [4.78, 5) is 52.7. The van der Waals surface area contributed by atoms with Crippen LogP contribution in [0.1, 0.15) is 24.0 Å². The molecule has 194 valence electrons. The number of nitrogens with zero attached hydrogens (tertiary/aromatic N) is 4. The van der Waals surface area contributed by atoms with Crippen LogP contribution in [0.5, 0.6) is 5.75 Å². The van der Waals surface area contributed by atoms with Gasteiger partial charge in [-0.25, -0.2) is 9.91 Å². The summed E-state index contributed by atoms with van der Waals surface area (Å²) >= 11 is 0. The highest BCUT2D eigenvalue weighted by atomic mass is 16.6. The number of allylic oxidation sites excluding steroid dienone is 1. The van der Waals surface area contributed by atoms with E-state index in [2.05, 4.69) is 5.10 Å². The van der Waals surface area contributed by atoms with E-state index in [9.17, 15) is 29.6 Å². The van der Waals surface area contributed by atoms with Crippen molar-refractivity contribution in [3.8, 4) is 5.75 Å². The molecule has 2 aliphatic heterocycles. The van der Waals surface area contributed by atoms with E-state index in [4.69, 9.17) is 0 Å². The highest BCUT2D eigenvalue weighted by Gasteiger charge is 2.60. The molecule has 3 aromatic rings. The minimum Gasteiger partial charge on any atom is -0.507 e. The van der Waals surface area contributed by atoms with Crippen molar-refractivity contribution in [3.05, 3.63) is 112 Å². The molecule has 6 rings (SSSR count). The number of rotatable bonds is 4. The van der Waals surface area contributed by atoms with Crippen molar-refractivity contribution in [2.75, 3.05) is 4.90 Å². The first-order valence-electron chi connectivity index (χ1n) is 12.3. The largest absolute Gasteiger partial charge is 0.507 e. The number of aromatic hydroxyl groups is 1. The Bertz CT molecular complexity index is 1600. The van der Waals surface area contributed by atoms with Crippen molar-refractivity contribution in [2.24, 2.45) is 16.9 Å². The number of non-ortho nitro benzene ring substituents is 1. The Hall–Kier alpha value is -5.12. The average molecular weight is 523 g/mol. The van der Waals surface area contributed by atoms with Crippen LogP contribution in [0.25, 0.3) is 0 Å². The van der Waals surface area contributed by atoms with E-state index in [1.165, 1.54) is 30.1 Å². The van der Waals surface area contributed by atoms with Gasteiger partial charge in [-0.3, -0.25) is 24.5 Å². The van der Waals surface area contributed by atoms with Crippen molar-refractivity contribution in [2.45, 2.75) is 18.9 Å². The van der Waals surface area contributed by atoms with Crippen LogP contribution in [-0.2, 0) is 14.4 Å². The average Bonchev–Trinajstić information content (AvgIpc) is 3.44. The Morgan fingerprint density at radius 1 is 0.923 bits per heavy atom. The van der Waals surface area contributed by atoms with Crippen molar-refractivity contribution in [1.82, 2.24) is 5.01 Å². The monoisotopic (exact) mass is 522 g/mol. The fourth-order valence-corrected chi connectivity index (χ4v) is 5.84. The van der Waals surface area contributed by atoms with Gasteiger partial charge in [-0.2, -0.15) is 5.10 Å². The maximum atomic E-state index is 14.0. The number of nitro benzene ring substituents is 1. The molecule has 3 amide bonds. The van der Waals surface area contributed by atoms with Gasteiger partial charge >= 0.3 is 0 Å². The molecule has 1 aliphatic carbocycles. The number of amides is 3. The van der Waals surface area contributed by atoms with Gasteiger partial charge in [0, 0.05) is 36.1 Å². The van der Waals surface area contributed by atoms with Gasteiger partial charge in [-0.1, -0.05) is 48.5 Å². The number of para-hydroxylation sites is 2. The first-order chi connectivity index (χ1) is 18.8. The number of carbonyl (C=O) groups is 3. The normalized spacial score (nSPS) is 23.7. The number of nitro groups is 1. The molecule has 0 aromatic heterocycles. The zero-order chi connectivity index (χ0) is 27.4. The van der Waals surface area contributed by atoms with Crippen molar-refractivity contribution < 1.29 is 24.4 Å². The molecule has 0 spiro atoms. The van der Waals surface area contributed by atoms with Gasteiger partial charge in [0.2, 0.25) is 17.7 Å². The predicted molar refractivity (Wildman–Crippen MR) is 141 cm³/mol. The zero-order valence-electron chi connectivity index (χ0n) is 20.7. The summed E-state index contributed by atoms with van der Waals surface area (Å²) in [7, 11) is 0. The summed E-state index contributed by atoms with van der Waals surface area (Å²) in [6, 6.07) is 20.2. The quantitative estimate of drug-likeness (QED) is 0.315. The number of phenolic OH excluding ortho intramolecular Hbond substituents is 1. The summed E-state index contributed by atoms with van der Waals surface area (Å²) in [5, 5.41) is 27.6. The fourth-order valence-electron chi connectivity index (χ4n) is 5.84. The third kappa shape index (κ3) is 3.71. The Kier molecular flexibility index (Phi) is 5.60. The second-order valence-corrected chi connectivity index (χ2v) is 9.67. The van der Waals surface area contributed by atoms with E-state index in [1.807, 2.05) is 0 Å². The molecule has 39 heavy (non-hydrogen) atoms. The molecular weight excluding hydrogens is 500 g/mol. The number of hydrogen-bond acceptors (Lipinski definition) is 7. The number of carbonyl (C=O) groups excluding carboxylic acids is 3. The molecular formula is C29H22N4O6. The molecule has 3 aromatic carbocycles. The summed E-state index contributed by atoms with van der Waals surface area (Å²) in [6.45, 7) is 1.34. The van der Waals surface area contributed by atoms with Crippen molar-refractivity contribution in [1.29, 1.82) is 0 Å². The van der Waals surface area contributed by atoms with Crippen molar-refractivity contribution in [3.63, 3.8) is 0 Å². The van der Waals surface area contributed by atoms with Crippen LogP contribution >= 0.6 is 0 Å². The van der Waals surface area contributed by atoms with Gasteiger partial charge in [0.15, 0.2) is 0 Å². The van der Waals surface area contributed by atoms with Crippen LogP contribution in [0.3, 0.4) is 0 Å². The number of imide groups is 1. The molecule has 1 saturated heterocycles. The number of benzene rings is 3. The highest BCUT2D eigenvalue weighted by molar-refractivity contribution is 6.25. The molecule has 1 N–H and O–H groups in total. The number of phenols is 1. The smallest absolute Gasteiger partial charge is 0.269 e. The lowest BCUT2D eigenvalue weighted by atomic mass is 9.68. The van der Waals surface area contributed by atoms with Crippen molar-refractivity contribution >= 4 is 34.8 Å². The van der Waals surface area contributed by atoms with Crippen LogP contribution in [0, 0.1) is 22.0 Å². The minimum absolute atomic E-state index is 0.0463. The van der Waals surface area contributed by atoms with Gasteiger partial charge in [0.25, 0.3) is 5.69 Å². The third-order valence-corrected chi connectivity index (χ3v) is 7.53. The maximum Gasteiger partial charge on any atom is 0.269 e. The second-order valence-electron chi connectivity index (χ2n) is 9.67. The second kappa shape index (κ2) is 9.02. The van der Waals surface area contributed by atoms with Crippen LogP contribution in [0.2, 0.25) is 0 Å². The van der Waals surface area contributed by atoms with Crippen LogP contribution in [0.15, 0.2) is 95.6 Å². The lowest BCUT2D eigenvalue weighted by Crippen LogP contribution is -2.47. The number of anilines is 1. The SMILES string of the molecule is CC(=O)N1N=C(c2ccccc2O)C2=C[C@H](c3ccc([N+](=O)[O-])cc3)[C@@H]3C(=O)N(c4ccccc4)C(=O)[C@@H]3[C@@H]21. The Labute approximate surface area is 222 Å². The first kappa shape index (κ1) is 24.2. The van der Waals surface area contributed by atoms with Gasteiger partial charge in [0.1, 0.15) is 5.75 Å². The first-order valence-corrected chi connectivity index (χ1v) is 12.3. The van der Waals surface area contributed by atoms with Gasteiger partial charge in [-0.15, -0.1) is 0 Å². The summed E-state index contributed by atoms with van der Waals surface area (Å²) < 4.78 is 0. The van der Waals surface area contributed by atoms with E-state index < -0.39 is 46.4 Å². The maximum absolute atomic E-state index is 14.0. The molecule has 3 aliphatic rings. The fraction of sp³-hybridized carbons (Fsp3) is 0.172. The van der Waals surface area contributed by atoms with E-state index >= 15 is 0 Å². The highest BCUT2D eigenvalue weighted by Crippen LogP contribution is 2.51. The Balaban J connectivity index is 1.55. The molecule has 1 fully saturated rings. The predicted octanol–water partition coefficient (Wildman–Crippen LogP) is 3.76. The number of fused-ring (bicyclic) bond motifs is 3. The Morgan fingerprint density at radius 2 is 1.56 bits per heavy atom. The van der Waals surface area contributed by atoms with E-state index in [0.717, 1.165) is 4.90 Å². The topological polar surface area (TPSA) is 133 Å². The summed E-state index contributed by atoms with van der Waals surface area (Å²) in [6.07, 6.45) is 1.81. The molecule has 0 saturated carbocycles. The van der Waals surface area contributed by atoms with E-state index in [1.54, 1.807) is 66.7 Å². The molecule has 10 nitrogen and oxygen atoms in total. The number of hydrogen-bond donors (Lipinski definition) is 1. The summed E-state index contributed by atoms with van der Waals surface area (Å²) in [5.74, 6) is -3.83. The van der Waals surface area contributed by atoms with E-state index in [-0.39, 0.29) is 11.4 Å². The lowest BCUT2D eigenvalue weighted by Gasteiger charge is -2.36. The third-order valence-electron chi connectivity index (χ3n) is 7.53. The Morgan fingerprint density at radius 3 is 2.21 bits per heavy atom. The van der Waals surface area contributed by atoms with Gasteiger partial charge < -0.3 is 5.11 Å². The molecule has 0 unspecified atom stereocenters. The molecule has 2 heterocycles. The van der Waals surface area contributed by atoms with Gasteiger partial charge in [0.05, 0.1) is 34.2 Å². The standard InChI is InChI=1S/C29H22N4O6/c1-16(34)32-27-22(26(30-32)20-9-5-6-10-23(20)35)15-21(17-11-13-19(14-12-17)33(38)39)24-25(27)29(37)31(28(24)36)18-7-3-2-4-8-18/h2-15,21,24-25,27,35H,1H3/t21-,24+,25+,27-/m1/s1. The minimum atomic E-state index is -0.964. The van der Waals surface area contributed by atoms with E-state index in [0.29, 0.717) is 28.1 Å². The molecule has 10 heteroatoms. The zero-order valence-corrected chi connectivity index (χ0v) is 20.7. The molecule has 0 radical (unpaired) electrons.